The van der Waals surface area contributed by atoms with Crippen molar-refractivity contribution in [3.05, 3.63) is 24.4 Å². The van der Waals surface area contributed by atoms with E-state index in [-0.39, 0.29) is 11.8 Å². The highest BCUT2D eigenvalue weighted by Gasteiger charge is 2.33. The van der Waals surface area contributed by atoms with E-state index in [4.69, 9.17) is 5.11 Å². The maximum Gasteiger partial charge on any atom is 0.306 e. The van der Waals surface area contributed by atoms with E-state index in [2.05, 4.69) is 15.5 Å². The van der Waals surface area contributed by atoms with Crippen molar-refractivity contribution in [3.8, 4) is 0 Å². The Morgan fingerprint density at radius 1 is 1.30 bits per heavy atom. The van der Waals surface area contributed by atoms with Crippen molar-refractivity contribution >= 4 is 28.5 Å². The molecule has 0 spiro atoms. The van der Waals surface area contributed by atoms with Crippen LogP contribution in [0.15, 0.2) is 24.4 Å². The van der Waals surface area contributed by atoms with Crippen molar-refractivity contribution in [1.82, 2.24) is 10.2 Å². The van der Waals surface area contributed by atoms with Crippen LogP contribution in [-0.2, 0) is 9.59 Å². The Labute approximate surface area is 115 Å². The number of rotatable bonds is 3. The van der Waals surface area contributed by atoms with Crippen LogP contribution in [0.2, 0.25) is 0 Å². The minimum atomic E-state index is -0.808. The number of H-pyrrole nitrogens is 1. The number of carbonyl (C=O) groups excluding carboxylic acids is 1. The fraction of sp³-hybridized carbons (Fsp3) is 0.357. The second-order valence-electron chi connectivity index (χ2n) is 5.17. The summed E-state index contributed by atoms with van der Waals surface area (Å²) in [4.78, 5) is 23.1. The SMILES string of the molecule is O=C(O)[C@H]1CC[C@@H](C(=O)Nc2cccc3[nH]ncc23)C1. The van der Waals surface area contributed by atoms with Gasteiger partial charge in [-0.3, -0.25) is 14.7 Å². The van der Waals surface area contributed by atoms with Gasteiger partial charge in [0.1, 0.15) is 0 Å². The minimum Gasteiger partial charge on any atom is -0.481 e. The topological polar surface area (TPSA) is 95.1 Å². The lowest BCUT2D eigenvalue weighted by molar-refractivity contribution is -0.141. The van der Waals surface area contributed by atoms with Gasteiger partial charge in [0.15, 0.2) is 0 Å². The number of fused-ring (bicyclic) bond motifs is 1. The number of benzene rings is 1. The molecule has 104 valence electrons. The molecule has 0 unspecified atom stereocenters. The number of nitrogens with zero attached hydrogens (tertiary/aromatic N) is 1. The average Bonchev–Trinajstić information content (AvgIpc) is 3.08. The summed E-state index contributed by atoms with van der Waals surface area (Å²) in [6.07, 6.45) is 3.29. The second-order valence-corrected chi connectivity index (χ2v) is 5.17. The standard InChI is InChI=1S/C14H15N3O3/c18-13(8-4-5-9(6-8)14(19)20)16-11-2-1-3-12-10(11)7-15-17-12/h1-3,7-9H,4-6H2,(H,15,17)(H,16,18)(H,19,20)/t8-,9+/m1/s1. The maximum atomic E-state index is 12.2. The smallest absolute Gasteiger partial charge is 0.306 e. The number of hydrogen-bond donors (Lipinski definition) is 3. The summed E-state index contributed by atoms with van der Waals surface area (Å²) in [7, 11) is 0. The van der Waals surface area contributed by atoms with E-state index in [0.717, 1.165) is 10.9 Å². The molecule has 20 heavy (non-hydrogen) atoms. The first-order chi connectivity index (χ1) is 9.65. The zero-order valence-electron chi connectivity index (χ0n) is 10.8. The van der Waals surface area contributed by atoms with Crippen LogP contribution in [0.1, 0.15) is 19.3 Å². The lowest BCUT2D eigenvalue weighted by atomic mass is 10.0. The van der Waals surface area contributed by atoms with Gasteiger partial charge in [-0.25, -0.2) is 0 Å². The highest BCUT2D eigenvalue weighted by molar-refractivity contribution is 6.01. The molecule has 3 rings (SSSR count). The third kappa shape index (κ3) is 2.24. The summed E-state index contributed by atoms with van der Waals surface area (Å²) in [6, 6.07) is 5.54. The molecule has 2 atom stereocenters. The molecule has 3 N–H and O–H groups in total. The Kier molecular flexibility index (Phi) is 3.14. The summed E-state index contributed by atoms with van der Waals surface area (Å²) in [6.45, 7) is 0. The molecular weight excluding hydrogens is 258 g/mol. The molecule has 0 saturated heterocycles. The Balaban J connectivity index is 1.73. The molecule has 1 fully saturated rings. The minimum absolute atomic E-state index is 0.109. The van der Waals surface area contributed by atoms with Gasteiger partial charge in [-0.05, 0) is 31.4 Å². The summed E-state index contributed by atoms with van der Waals surface area (Å²) in [5.74, 6) is -1.53. The molecule has 1 aliphatic carbocycles. The van der Waals surface area contributed by atoms with Crippen LogP contribution in [0, 0.1) is 11.8 Å². The summed E-state index contributed by atoms with van der Waals surface area (Å²) in [5, 5.41) is 19.5. The molecule has 2 aromatic rings. The lowest BCUT2D eigenvalue weighted by Gasteiger charge is -2.11. The molecule has 0 aliphatic heterocycles. The van der Waals surface area contributed by atoms with Crippen LogP contribution in [0.4, 0.5) is 5.69 Å². The van der Waals surface area contributed by atoms with E-state index in [1.165, 1.54) is 0 Å². The monoisotopic (exact) mass is 273 g/mol. The molecule has 6 heteroatoms. The zero-order valence-corrected chi connectivity index (χ0v) is 10.8. The Bertz CT molecular complexity index is 664. The van der Waals surface area contributed by atoms with Crippen LogP contribution in [0.5, 0.6) is 0 Å². The van der Waals surface area contributed by atoms with E-state index in [1.807, 2.05) is 18.2 Å². The number of nitrogens with one attached hydrogen (secondary N) is 2. The van der Waals surface area contributed by atoms with E-state index in [9.17, 15) is 9.59 Å². The summed E-state index contributed by atoms with van der Waals surface area (Å²) < 4.78 is 0. The Morgan fingerprint density at radius 2 is 2.10 bits per heavy atom. The predicted molar refractivity (Wildman–Crippen MR) is 73.2 cm³/mol. The molecule has 1 amide bonds. The fourth-order valence-electron chi connectivity index (χ4n) is 2.76. The van der Waals surface area contributed by atoms with Gasteiger partial charge in [0.25, 0.3) is 0 Å². The third-order valence-electron chi connectivity index (χ3n) is 3.90. The van der Waals surface area contributed by atoms with E-state index in [0.29, 0.717) is 24.9 Å². The van der Waals surface area contributed by atoms with Crippen molar-refractivity contribution in [2.75, 3.05) is 5.32 Å². The Hall–Kier alpha value is -2.37. The van der Waals surface area contributed by atoms with Gasteiger partial charge in [0.2, 0.25) is 5.91 Å². The van der Waals surface area contributed by atoms with Gasteiger partial charge in [-0.1, -0.05) is 6.07 Å². The number of aromatic amines is 1. The normalized spacial score (nSPS) is 22.0. The zero-order chi connectivity index (χ0) is 14.1. The molecule has 0 radical (unpaired) electrons. The van der Waals surface area contributed by atoms with Gasteiger partial charge >= 0.3 is 5.97 Å². The van der Waals surface area contributed by atoms with E-state index < -0.39 is 11.9 Å². The molecule has 1 saturated carbocycles. The van der Waals surface area contributed by atoms with Gasteiger partial charge in [-0.2, -0.15) is 5.10 Å². The van der Waals surface area contributed by atoms with Crippen LogP contribution in [0.25, 0.3) is 10.9 Å². The third-order valence-corrected chi connectivity index (χ3v) is 3.90. The Morgan fingerprint density at radius 3 is 2.85 bits per heavy atom. The largest absolute Gasteiger partial charge is 0.481 e. The van der Waals surface area contributed by atoms with Gasteiger partial charge in [0, 0.05) is 11.3 Å². The van der Waals surface area contributed by atoms with Crippen molar-refractivity contribution in [2.45, 2.75) is 19.3 Å². The number of carboxylic acid groups (broad SMARTS) is 1. The molecule has 1 aromatic heterocycles. The van der Waals surface area contributed by atoms with Gasteiger partial charge in [-0.15, -0.1) is 0 Å². The maximum absolute atomic E-state index is 12.2. The quantitative estimate of drug-likeness (QED) is 0.797. The molecule has 1 aliphatic rings. The first-order valence-corrected chi connectivity index (χ1v) is 6.61. The van der Waals surface area contributed by atoms with Crippen LogP contribution < -0.4 is 5.32 Å². The fourth-order valence-corrected chi connectivity index (χ4v) is 2.76. The second kappa shape index (κ2) is 4.96. The molecule has 1 heterocycles. The van der Waals surface area contributed by atoms with Crippen molar-refractivity contribution < 1.29 is 14.7 Å². The highest BCUT2D eigenvalue weighted by Crippen LogP contribution is 2.32. The van der Waals surface area contributed by atoms with Crippen molar-refractivity contribution in [3.63, 3.8) is 0 Å². The summed E-state index contributed by atoms with van der Waals surface area (Å²) >= 11 is 0. The molecule has 1 aromatic carbocycles. The van der Waals surface area contributed by atoms with Crippen molar-refractivity contribution in [1.29, 1.82) is 0 Å². The first-order valence-electron chi connectivity index (χ1n) is 6.61. The lowest BCUT2D eigenvalue weighted by Crippen LogP contribution is -2.21. The number of carbonyl (C=O) groups is 2. The number of anilines is 1. The molecular formula is C14H15N3O3. The molecule has 6 nitrogen and oxygen atoms in total. The number of aliphatic carboxylic acids is 1. The van der Waals surface area contributed by atoms with E-state index in [1.54, 1.807) is 6.20 Å². The predicted octanol–water partition coefficient (Wildman–Crippen LogP) is 2.00. The number of amides is 1. The van der Waals surface area contributed by atoms with Crippen molar-refractivity contribution in [2.24, 2.45) is 11.8 Å². The van der Waals surface area contributed by atoms with Gasteiger partial charge < -0.3 is 10.4 Å². The van der Waals surface area contributed by atoms with Crippen LogP contribution in [0.3, 0.4) is 0 Å². The van der Waals surface area contributed by atoms with Crippen LogP contribution in [-0.4, -0.2) is 27.2 Å². The summed E-state index contributed by atoms with van der Waals surface area (Å²) in [5.41, 5.74) is 1.57. The molecule has 0 bridgehead atoms. The number of aromatic nitrogens is 2. The average molecular weight is 273 g/mol. The first kappa shape index (κ1) is 12.7. The van der Waals surface area contributed by atoms with Gasteiger partial charge in [0.05, 0.1) is 23.3 Å². The van der Waals surface area contributed by atoms with Crippen LogP contribution >= 0.6 is 0 Å². The van der Waals surface area contributed by atoms with E-state index >= 15 is 0 Å². The highest BCUT2D eigenvalue weighted by atomic mass is 16.4. The number of hydrogen-bond acceptors (Lipinski definition) is 3. The number of carboxylic acids is 1.